The number of carbonyl (C=O) groups is 1. The largest absolute Gasteiger partial charge is 0.493 e. The van der Waals surface area contributed by atoms with Crippen molar-refractivity contribution < 1.29 is 23.0 Å². The van der Waals surface area contributed by atoms with Gasteiger partial charge in [0.2, 0.25) is 0 Å². The second-order valence-corrected chi connectivity index (χ2v) is 6.29. The van der Waals surface area contributed by atoms with Crippen molar-refractivity contribution in [3.05, 3.63) is 53.6 Å². The molecule has 1 saturated carbocycles. The van der Waals surface area contributed by atoms with Gasteiger partial charge in [-0.3, -0.25) is 4.79 Å². The van der Waals surface area contributed by atoms with Crippen LogP contribution in [-0.4, -0.2) is 30.6 Å². The molecular weight excluding hydrogens is 342 g/mol. The zero-order chi connectivity index (χ0) is 18.3. The third-order valence-corrected chi connectivity index (χ3v) is 4.63. The Kier molecular flexibility index (Phi) is 4.14. The molecule has 136 valence electrons. The number of anilines is 1. The Balaban J connectivity index is 1.82. The van der Waals surface area contributed by atoms with Crippen LogP contribution in [0.1, 0.15) is 34.9 Å². The highest BCUT2D eigenvalue weighted by Crippen LogP contribution is 2.45. The summed E-state index contributed by atoms with van der Waals surface area (Å²) in [4.78, 5) is 14.8. The van der Waals surface area contributed by atoms with E-state index in [1.165, 1.54) is 7.11 Å². The third-order valence-electron chi connectivity index (χ3n) is 4.63. The summed E-state index contributed by atoms with van der Waals surface area (Å²) < 4.78 is 35.9. The van der Waals surface area contributed by atoms with Crippen LogP contribution in [0.15, 0.2) is 42.5 Å². The molecule has 1 aliphatic heterocycles. The number of rotatable bonds is 5. The van der Waals surface area contributed by atoms with E-state index in [-0.39, 0.29) is 23.4 Å². The minimum absolute atomic E-state index is 0.0552. The van der Waals surface area contributed by atoms with Crippen LogP contribution in [-0.2, 0) is 0 Å². The Hall–Kier alpha value is -2.83. The third kappa shape index (κ3) is 2.83. The Morgan fingerprint density at radius 1 is 1.15 bits per heavy atom. The van der Waals surface area contributed by atoms with Crippen molar-refractivity contribution in [2.75, 3.05) is 12.4 Å². The lowest BCUT2D eigenvalue weighted by molar-refractivity contribution is -0.0523. The summed E-state index contributed by atoms with van der Waals surface area (Å²) in [5.41, 5.74) is 1.69. The van der Waals surface area contributed by atoms with E-state index in [2.05, 4.69) is 5.32 Å². The maximum atomic E-state index is 13.0. The van der Waals surface area contributed by atoms with E-state index in [1.54, 1.807) is 41.3 Å². The highest BCUT2D eigenvalue weighted by atomic mass is 19.3. The maximum absolute atomic E-state index is 13.0. The van der Waals surface area contributed by atoms with Gasteiger partial charge in [0, 0.05) is 17.3 Å². The number of halogens is 2. The van der Waals surface area contributed by atoms with Crippen molar-refractivity contribution in [3.63, 3.8) is 0 Å². The summed E-state index contributed by atoms with van der Waals surface area (Å²) >= 11 is 0. The van der Waals surface area contributed by atoms with Crippen molar-refractivity contribution in [3.8, 4) is 11.5 Å². The van der Waals surface area contributed by atoms with E-state index in [9.17, 15) is 13.6 Å². The summed E-state index contributed by atoms with van der Waals surface area (Å²) in [6, 6.07) is 12.2. The number of methoxy groups -OCH3 is 1. The highest BCUT2D eigenvalue weighted by molar-refractivity contribution is 6.02. The first-order valence-corrected chi connectivity index (χ1v) is 8.40. The Labute approximate surface area is 149 Å². The quantitative estimate of drug-likeness (QED) is 0.875. The summed E-state index contributed by atoms with van der Waals surface area (Å²) in [7, 11) is 1.39. The first-order chi connectivity index (χ1) is 12.6. The number of hydrogen-bond donors (Lipinski definition) is 1. The summed E-state index contributed by atoms with van der Waals surface area (Å²) in [5.74, 6) is 0.0321. The molecule has 2 aromatic rings. The SMILES string of the molecule is COc1cccc([C@@H]2Nc3ccccc3C(=O)N2C2CC2)c1OC(F)F. The number of alkyl halides is 2. The second-order valence-electron chi connectivity index (χ2n) is 6.29. The molecule has 7 heteroatoms. The van der Waals surface area contributed by atoms with E-state index in [0.717, 1.165) is 12.8 Å². The van der Waals surface area contributed by atoms with Gasteiger partial charge >= 0.3 is 6.61 Å². The van der Waals surface area contributed by atoms with Gasteiger partial charge < -0.3 is 19.7 Å². The van der Waals surface area contributed by atoms with Gasteiger partial charge in [-0.1, -0.05) is 24.3 Å². The molecule has 1 heterocycles. The lowest BCUT2D eigenvalue weighted by Gasteiger charge is -2.39. The van der Waals surface area contributed by atoms with Crippen LogP contribution in [0, 0.1) is 0 Å². The Bertz CT molecular complexity index is 839. The molecule has 1 amide bonds. The second kappa shape index (κ2) is 6.48. The number of amides is 1. The highest BCUT2D eigenvalue weighted by Gasteiger charge is 2.43. The maximum Gasteiger partial charge on any atom is 0.387 e. The molecule has 0 radical (unpaired) electrons. The van der Waals surface area contributed by atoms with E-state index in [4.69, 9.17) is 9.47 Å². The Morgan fingerprint density at radius 2 is 1.92 bits per heavy atom. The average molecular weight is 360 g/mol. The molecule has 5 nitrogen and oxygen atoms in total. The molecule has 1 aliphatic carbocycles. The van der Waals surface area contributed by atoms with Gasteiger partial charge in [0.1, 0.15) is 6.17 Å². The van der Waals surface area contributed by atoms with Gasteiger partial charge in [0.15, 0.2) is 11.5 Å². The van der Waals surface area contributed by atoms with Crippen LogP contribution >= 0.6 is 0 Å². The van der Waals surface area contributed by atoms with Crippen LogP contribution < -0.4 is 14.8 Å². The standard InChI is InChI=1S/C19H18F2N2O3/c1-25-15-8-4-6-13(16(15)26-19(20)21)17-22-14-7-3-2-5-12(14)18(24)23(17)11-9-10-11/h2-8,11,17,19,22H,9-10H2,1H3/t17-/m1/s1. The number of ether oxygens (including phenoxy) is 2. The lowest BCUT2D eigenvalue weighted by atomic mass is 10.0. The van der Waals surface area contributed by atoms with Crippen LogP contribution in [0.25, 0.3) is 0 Å². The first-order valence-electron chi connectivity index (χ1n) is 8.40. The summed E-state index contributed by atoms with van der Waals surface area (Å²) in [6.45, 7) is -2.99. The zero-order valence-corrected chi connectivity index (χ0v) is 14.1. The van der Waals surface area contributed by atoms with Crippen molar-refractivity contribution >= 4 is 11.6 Å². The van der Waals surface area contributed by atoms with E-state index in [0.29, 0.717) is 16.8 Å². The van der Waals surface area contributed by atoms with Crippen LogP contribution in [0.4, 0.5) is 14.5 Å². The predicted molar refractivity (Wildman–Crippen MR) is 91.6 cm³/mol. The van der Waals surface area contributed by atoms with Gasteiger partial charge in [-0.05, 0) is 31.0 Å². The van der Waals surface area contributed by atoms with Crippen LogP contribution in [0.2, 0.25) is 0 Å². The van der Waals surface area contributed by atoms with Gasteiger partial charge in [-0.15, -0.1) is 0 Å². The number of benzene rings is 2. The zero-order valence-electron chi connectivity index (χ0n) is 14.1. The fraction of sp³-hybridized carbons (Fsp3) is 0.316. The molecule has 26 heavy (non-hydrogen) atoms. The molecule has 0 bridgehead atoms. The number of para-hydroxylation sites is 2. The molecule has 0 saturated heterocycles. The molecule has 1 N–H and O–H groups in total. The lowest BCUT2D eigenvalue weighted by Crippen LogP contribution is -2.44. The minimum atomic E-state index is -2.99. The van der Waals surface area contributed by atoms with Crippen molar-refractivity contribution in [1.29, 1.82) is 0 Å². The molecule has 1 atom stereocenters. The summed E-state index contributed by atoms with van der Waals surface area (Å²) in [6.07, 6.45) is 1.18. The van der Waals surface area contributed by atoms with Gasteiger partial charge in [-0.25, -0.2) is 0 Å². The van der Waals surface area contributed by atoms with Crippen LogP contribution in [0.3, 0.4) is 0 Å². The van der Waals surface area contributed by atoms with Crippen molar-refractivity contribution in [1.82, 2.24) is 4.90 Å². The van der Waals surface area contributed by atoms with E-state index in [1.807, 2.05) is 6.07 Å². The smallest absolute Gasteiger partial charge is 0.387 e. The fourth-order valence-electron chi connectivity index (χ4n) is 3.35. The number of fused-ring (bicyclic) bond motifs is 1. The fourth-order valence-corrected chi connectivity index (χ4v) is 3.35. The monoisotopic (exact) mass is 360 g/mol. The van der Waals surface area contributed by atoms with Crippen molar-refractivity contribution in [2.45, 2.75) is 31.7 Å². The van der Waals surface area contributed by atoms with E-state index >= 15 is 0 Å². The topological polar surface area (TPSA) is 50.8 Å². The van der Waals surface area contributed by atoms with Gasteiger partial charge in [0.25, 0.3) is 5.91 Å². The Morgan fingerprint density at radius 3 is 2.62 bits per heavy atom. The molecule has 1 fully saturated rings. The number of hydrogen-bond acceptors (Lipinski definition) is 4. The average Bonchev–Trinajstić information content (AvgIpc) is 3.46. The minimum Gasteiger partial charge on any atom is -0.493 e. The predicted octanol–water partition coefficient (Wildman–Crippen LogP) is 4.03. The van der Waals surface area contributed by atoms with Gasteiger partial charge in [0.05, 0.1) is 12.7 Å². The molecule has 2 aromatic carbocycles. The molecular formula is C19H18F2N2O3. The molecule has 2 aliphatic rings. The van der Waals surface area contributed by atoms with Gasteiger partial charge in [-0.2, -0.15) is 8.78 Å². The molecule has 0 aromatic heterocycles. The van der Waals surface area contributed by atoms with E-state index < -0.39 is 12.8 Å². The number of nitrogens with zero attached hydrogens (tertiary/aromatic N) is 1. The number of nitrogens with one attached hydrogen (secondary N) is 1. The number of carbonyl (C=O) groups excluding carboxylic acids is 1. The van der Waals surface area contributed by atoms with Crippen LogP contribution in [0.5, 0.6) is 11.5 Å². The molecule has 0 spiro atoms. The summed E-state index contributed by atoms with van der Waals surface area (Å²) in [5, 5.41) is 3.30. The molecule has 4 rings (SSSR count). The molecule has 0 unspecified atom stereocenters. The first kappa shape index (κ1) is 16.6. The normalized spacial score (nSPS) is 19.2. The van der Waals surface area contributed by atoms with Crippen molar-refractivity contribution in [2.24, 2.45) is 0 Å².